The third-order valence-electron chi connectivity index (χ3n) is 3.81. The molecule has 1 unspecified atom stereocenters. The van der Waals surface area contributed by atoms with E-state index in [0.717, 1.165) is 22.6 Å². The van der Waals surface area contributed by atoms with Crippen LogP contribution in [0.15, 0.2) is 48.1 Å². The van der Waals surface area contributed by atoms with Crippen LogP contribution in [0, 0.1) is 0 Å². The smallest absolute Gasteiger partial charge is 0.407 e. The fourth-order valence-electron chi connectivity index (χ4n) is 2.62. The number of rotatable bonds is 6. The van der Waals surface area contributed by atoms with Crippen LogP contribution in [0.5, 0.6) is 5.75 Å². The molecule has 1 aliphatic rings. The van der Waals surface area contributed by atoms with Crippen LogP contribution in [0.4, 0.5) is 4.79 Å². The van der Waals surface area contributed by atoms with Crippen LogP contribution in [0.3, 0.4) is 0 Å². The Labute approximate surface area is 163 Å². The first kappa shape index (κ1) is 19.6. The number of carbonyl (C=O) groups excluding carboxylic acids is 1. The summed E-state index contributed by atoms with van der Waals surface area (Å²) >= 11 is 0. The summed E-state index contributed by atoms with van der Waals surface area (Å²) < 4.78 is 11.2. The van der Waals surface area contributed by atoms with Crippen LogP contribution in [-0.2, 0) is 9.57 Å². The Morgan fingerprint density at radius 1 is 1.25 bits per heavy atom. The molecule has 2 heterocycles. The first-order valence-corrected chi connectivity index (χ1v) is 9.06. The number of hydrogen-bond acceptors (Lipinski definition) is 7. The minimum Gasteiger partial charge on any atom is -0.489 e. The quantitative estimate of drug-likeness (QED) is 0.822. The predicted molar refractivity (Wildman–Crippen MR) is 104 cm³/mol. The second kappa shape index (κ2) is 8.69. The molecule has 0 aliphatic carbocycles. The van der Waals surface area contributed by atoms with Crippen molar-refractivity contribution in [3.63, 3.8) is 0 Å². The summed E-state index contributed by atoms with van der Waals surface area (Å²) in [5, 5.41) is 6.70. The number of hydrogen-bond donors (Lipinski definition) is 1. The molecule has 0 saturated carbocycles. The van der Waals surface area contributed by atoms with Crippen LogP contribution >= 0.6 is 0 Å². The summed E-state index contributed by atoms with van der Waals surface area (Å²) in [4.78, 5) is 25.2. The van der Waals surface area contributed by atoms with Gasteiger partial charge in [0.15, 0.2) is 6.10 Å². The number of oxime groups is 1. The normalized spacial score (nSPS) is 16.1. The van der Waals surface area contributed by atoms with Crippen molar-refractivity contribution in [1.29, 1.82) is 0 Å². The maximum absolute atomic E-state index is 11.7. The molecule has 148 valence electrons. The van der Waals surface area contributed by atoms with E-state index in [0.29, 0.717) is 13.0 Å². The Hall–Kier alpha value is -3.16. The second-order valence-corrected chi connectivity index (χ2v) is 7.38. The van der Waals surface area contributed by atoms with Crippen molar-refractivity contribution in [3.05, 3.63) is 43.0 Å². The zero-order valence-corrected chi connectivity index (χ0v) is 16.2. The summed E-state index contributed by atoms with van der Waals surface area (Å²) in [6.45, 7) is 6.06. The fraction of sp³-hybridized carbons (Fsp3) is 0.400. The lowest BCUT2D eigenvalue weighted by Crippen LogP contribution is -2.35. The number of ether oxygens (including phenoxy) is 2. The number of para-hydroxylation sites is 1. The van der Waals surface area contributed by atoms with Gasteiger partial charge in [0.25, 0.3) is 0 Å². The third-order valence-corrected chi connectivity index (χ3v) is 3.81. The van der Waals surface area contributed by atoms with Gasteiger partial charge in [0.1, 0.15) is 24.3 Å². The van der Waals surface area contributed by atoms with Gasteiger partial charge in [-0.15, -0.1) is 0 Å². The van der Waals surface area contributed by atoms with E-state index in [-0.39, 0.29) is 12.6 Å². The molecular weight excluding hydrogens is 360 g/mol. The van der Waals surface area contributed by atoms with Crippen molar-refractivity contribution < 1.29 is 19.1 Å². The molecule has 1 aliphatic heterocycles. The molecule has 2 aromatic rings. The standard InChI is InChI=1S/C20H24N4O4/c1-20(2,3)27-19(25)23-11-15-8-16(28-24-15)12-26-18-7-5-4-6-17(18)14-9-21-13-22-10-14/h4-7,9-10,13,16H,8,11-12H2,1-3H3,(H,23,25). The third kappa shape index (κ3) is 5.67. The number of nitrogens with zero attached hydrogens (tertiary/aromatic N) is 3. The average Bonchev–Trinajstić information content (AvgIpc) is 3.12. The van der Waals surface area contributed by atoms with Gasteiger partial charge < -0.3 is 19.6 Å². The minimum atomic E-state index is -0.536. The van der Waals surface area contributed by atoms with E-state index in [9.17, 15) is 4.79 Å². The van der Waals surface area contributed by atoms with E-state index in [2.05, 4.69) is 20.4 Å². The van der Waals surface area contributed by atoms with E-state index >= 15 is 0 Å². The highest BCUT2D eigenvalue weighted by Gasteiger charge is 2.23. The largest absolute Gasteiger partial charge is 0.489 e. The van der Waals surface area contributed by atoms with Crippen LogP contribution in [0.2, 0.25) is 0 Å². The first-order chi connectivity index (χ1) is 13.4. The van der Waals surface area contributed by atoms with E-state index in [4.69, 9.17) is 14.3 Å². The van der Waals surface area contributed by atoms with Crippen molar-refractivity contribution in [3.8, 4) is 16.9 Å². The Bertz CT molecular complexity index is 834. The Morgan fingerprint density at radius 2 is 2.00 bits per heavy atom. The monoisotopic (exact) mass is 384 g/mol. The number of alkyl carbamates (subject to hydrolysis) is 1. The van der Waals surface area contributed by atoms with E-state index in [1.807, 2.05) is 45.0 Å². The molecule has 8 nitrogen and oxygen atoms in total. The lowest BCUT2D eigenvalue weighted by Gasteiger charge is -2.19. The van der Waals surface area contributed by atoms with Gasteiger partial charge in [-0.05, 0) is 26.8 Å². The van der Waals surface area contributed by atoms with Crippen LogP contribution in [0.1, 0.15) is 27.2 Å². The van der Waals surface area contributed by atoms with Crippen molar-refractivity contribution in [2.45, 2.75) is 38.9 Å². The molecule has 0 fully saturated rings. The number of benzene rings is 1. The highest BCUT2D eigenvalue weighted by Crippen LogP contribution is 2.29. The average molecular weight is 384 g/mol. The maximum atomic E-state index is 11.7. The molecule has 1 N–H and O–H groups in total. The molecule has 0 bridgehead atoms. The topological polar surface area (TPSA) is 94.9 Å². The highest BCUT2D eigenvalue weighted by molar-refractivity contribution is 5.89. The lowest BCUT2D eigenvalue weighted by atomic mass is 10.1. The van der Waals surface area contributed by atoms with Crippen molar-refractivity contribution in [2.24, 2.45) is 5.16 Å². The SMILES string of the molecule is CC(C)(C)OC(=O)NCC1=NOC(COc2ccccc2-c2cncnc2)C1. The molecule has 0 radical (unpaired) electrons. The van der Waals surface area contributed by atoms with Gasteiger partial charge >= 0.3 is 6.09 Å². The molecular formula is C20H24N4O4. The van der Waals surface area contributed by atoms with E-state index < -0.39 is 11.7 Å². The van der Waals surface area contributed by atoms with Gasteiger partial charge in [0.05, 0.1) is 12.3 Å². The van der Waals surface area contributed by atoms with Crippen molar-refractivity contribution in [2.75, 3.05) is 13.2 Å². The summed E-state index contributed by atoms with van der Waals surface area (Å²) in [6, 6.07) is 7.69. The molecule has 0 saturated heterocycles. The van der Waals surface area contributed by atoms with Gasteiger partial charge in [0, 0.05) is 29.9 Å². The number of amides is 1. The number of nitrogens with one attached hydrogen (secondary N) is 1. The maximum Gasteiger partial charge on any atom is 0.407 e. The van der Waals surface area contributed by atoms with E-state index in [1.54, 1.807) is 12.4 Å². The molecule has 1 amide bonds. The Morgan fingerprint density at radius 3 is 2.75 bits per heavy atom. The zero-order chi connectivity index (χ0) is 20.0. The number of carbonyl (C=O) groups is 1. The molecule has 1 aromatic heterocycles. The highest BCUT2D eigenvalue weighted by atomic mass is 16.7. The number of aromatic nitrogens is 2. The van der Waals surface area contributed by atoms with Crippen LogP contribution in [0.25, 0.3) is 11.1 Å². The van der Waals surface area contributed by atoms with Gasteiger partial charge in [0.2, 0.25) is 0 Å². The summed E-state index contributed by atoms with van der Waals surface area (Å²) in [6.07, 6.45) is 4.86. The van der Waals surface area contributed by atoms with Crippen LogP contribution in [-0.4, -0.2) is 46.6 Å². The van der Waals surface area contributed by atoms with Crippen molar-refractivity contribution in [1.82, 2.24) is 15.3 Å². The molecule has 1 aromatic carbocycles. The molecule has 1 atom stereocenters. The van der Waals surface area contributed by atoms with Crippen LogP contribution < -0.4 is 10.1 Å². The summed E-state index contributed by atoms with van der Waals surface area (Å²) in [5.74, 6) is 0.723. The lowest BCUT2D eigenvalue weighted by molar-refractivity contribution is 0.0472. The fourth-order valence-corrected chi connectivity index (χ4v) is 2.62. The van der Waals surface area contributed by atoms with Gasteiger partial charge in [-0.25, -0.2) is 14.8 Å². The minimum absolute atomic E-state index is 0.212. The second-order valence-electron chi connectivity index (χ2n) is 7.38. The Balaban J connectivity index is 1.48. The van der Waals surface area contributed by atoms with Gasteiger partial charge in [-0.1, -0.05) is 23.4 Å². The zero-order valence-electron chi connectivity index (χ0n) is 16.2. The predicted octanol–water partition coefficient (Wildman–Crippen LogP) is 3.19. The molecule has 3 rings (SSSR count). The molecule has 28 heavy (non-hydrogen) atoms. The first-order valence-electron chi connectivity index (χ1n) is 9.06. The summed E-state index contributed by atoms with van der Waals surface area (Å²) in [7, 11) is 0. The summed E-state index contributed by atoms with van der Waals surface area (Å²) in [5.41, 5.74) is 1.99. The van der Waals surface area contributed by atoms with E-state index in [1.165, 1.54) is 6.33 Å². The molecule has 8 heteroatoms. The Kier molecular flexibility index (Phi) is 6.08. The molecule has 0 spiro atoms. The van der Waals surface area contributed by atoms with Crippen molar-refractivity contribution >= 4 is 11.8 Å². The van der Waals surface area contributed by atoms with Gasteiger partial charge in [-0.3, -0.25) is 0 Å². The van der Waals surface area contributed by atoms with Gasteiger partial charge in [-0.2, -0.15) is 0 Å².